The number of ether oxygens (including phenoxy) is 1. The Labute approximate surface area is 99.1 Å². The first-order valence-corrected chi connectivity index (χ1v) is 5.78. The van der Waals surface area contributed by atoms with Crippen LogP contribution in [0.15, 0.2) is 36.9 Å². The lowest BCUT2D eigenvalue weighted by Crippen LogP contribution is -2.11. The fraction of sp³-hybridized carbons (Fsp3) is 0.467. The van der Waals surface area contributed by atoms with Crippen LogP contribution >= 0.6 is 0 Å². The Morgan fingerprint density at radius 2 is 1.81 bits per heavy atom. The molecule has 16 heavy (non-hydrogen) atoms. The maximum atomic E-state index is 5.58. The molecule has 0 aliphatic rings. The zero-order valence-corrected chi connectivity index (χ0v) is 10.8. The third kappa shape index (κ3) is 3.49. The maximum Gasteiger partial charge on any atom is 0.0801 e. The zero-order valence-electron chi connectivity index (χ0n) is 10.8. The number of benzene rings is 1. The summed E-state index contributed by atoms with van der Waals surface area (Å²) >= 11 is 0. The van der Waals surface area contributed by atoms with Crippen molar-refractivity contribution in [3.8, 4) is 0 Å². The Morgan fingerprint density at radius 3 is 2.25 bits per heavy atom. The van der Waals surface area contributed by atoms with Gasteiger partial charge in [-0.1, -0.05) is 51.1 Å². The molecule has 0 unspecified atom stereocenters. The summed E-state index contributed by atoms with van der Waals surface area (Å²) in [5, 5.41) is 0. The Hall–Kier alpha value is -1.08. The van der Waals surface area contributed by atoms with Crippen molar-refractivity contribution in [2.45, 2.75) is 39.2 Å². The van der Waals surface area contributed by atoms with E-state index in [4.69, 9.17) is 4.74 Å². The molecule has 1 atom stereocenters. The van der Waals surface area contributed by atoms with E-state index in [9.17, 15) is 0 Å². The highest BCUT2D eigenvalue weighted by Gasteiger charge is 2.13. The minimum Gasteiger partial charge on any atom is -0.370 e. The largest absolute Gasteiger partial charge is 0.370 e. The third-order valence-electron chi connectivity index (χ3n) is 2.71. The van der Waals surface area contributed by atoms with Gasteiger partial charge in [-0.2, -0.15) is 0 Å². The van der Waals surface area contributed by atoms with Gasteiger partial charge in [-0.05, 0) is 23.5 Å². The zero-order chi connectivity index (χ0) is 12.2. The van der Waals surface area contributed by atoms with E-state index < -0.39 is 0 Å². The molecule has 1 heteroatoms. The van der Waals surface area contributed by atoms with E-state index in [1.807, 2.05) is 0 Å². The summed E-state index contributed by atoms with van der Waals surface area (Å²) in [5.41, 5.74) is 2.78. The minimum absolute atomic E-state index is 0.131. The summed E-state index contributed by atoms with van der Waals surface area (Å²) in [7, 11) is 0. The molecule has 88 valence electrons. The Balaban J connectivity index is 2.74. The van der Waals surface area contributed by atoms with E-state index >= 15 is 0 Å². The van der Waals surface area contributed by atoms with Crippen molar-refractivity contribution in [1.82, 2.24) is 0 Å². The van der Waals surface area contributed by atoms with Crippen molar-refractivity contribution in [3.05, 3.63) is 48.0 Å². The first-order chi connectivity index (χ1) is 7.45. The first kappa shape index (κ1) is 13.0. The van der Waals surface area contributed by atoms with Gasteiger partial charge in [0.25, 0.3) is 0 Å². The molecule has 0 radical (unpaired) electrons. The van der Waals surface area contributed by atoms with Gasteiger partial charge >= 0.3 is 0 Å². The molecule has 0 aliphatic carbocycles. The number of hydrogen-bond donors (Lipinski definition) is 0. The van der Waals surface area contributed by atoms with Crippen LogP contribution in [0.25, 0.3) is 0 Å². The van der Waals surface area contributed by atoms with Crippen molar-refractivity contribution >= 4 is 0 Å². The van der Waals surface area contributed by atoms with E-state index in [1.54, 1.807) is 6.08 Å². The van der Waals surface area contributed by atoms with Gasteiger partial charge in [0.1, 0.15) is 0 Å². The maximum absolute atomic E-state index is 5.58. The first-order valence-electron chi connectivity index (χ1n) is 5.78. The molecule has 0 heterocycles. The summed E-state index contributed by atoms with van der Waals surface area (Å²) < 4.78 is 5.58. The molecule has 0 N–H and O–H groups in total. The second kappa shape index (κ2) is 5.31. The summed E-state index contributed by atoms with van der Waals surface area (Å²) in [6.07, 6.45) is 1.91. The molecule has 0 aromatic heterocycles. The lowest BCUT2D eigenvalue weighted by Gasteiger charge is -2.20. The molecule has 0 amide bonds. The van der Waals surface area contributed by atoms with Crippen LogP contribution in [0, 0.1) is 0 Å². The molecule has 1 aromatic rings. The topological polar surface area (TPSA) is 9.23 Å². The fourth-order valence-corrected chi connectivity index (χ4v) is 1.56. The molecule has 1 aromatic carbocycles. The van der Waals surface area contributed by atoms with Crippen molar-refractivity contribution in [2.75, 3.05) is 6.61 Å². The van der Waals surface area contributed by atoms with Crippen molar-refractivity contribution in [1.29, 1.82) is 0 Å². The van der Waals surface area contributed by atoms with Gasteiger partial charge in [0.05, 0.1) is 12.7 Å². The van der Waals surface area contributed by atoms with Crippen LogP contribution in [0.4, 0.5) is 0 Å². The van der Waals surface area contributed by atoms with Gasteiger partial charge in [0.15, 0.2) is 0 Å². The SMILES string of the molecule is C=CCO[C@@H](C)c1ccc(C(C)(C)C)cc1. The van der Waals surface area contributed by atoms with Gasteiger partial charge in [-0.3, -0.25) is 0 Å². The normalized spacial score (nSPS) is 13.5. The van der Waals surface area contributed by atoms with E-state index in [0.717, 1.165) is 0 Å². The lowest BCUT2D eigenvalue weighted by atomic mass is 9.86. The van der Waals surface area contributed by atoms with Gasteiger partial charge in [0, 0.05) is 0 Å². The fourth-order valence-electron chi connectivity index (χ4n) is 1.56. The monoisotopic (exact) mass is 218 g/mol. The van der Waals surface area contributed by atoms with Crippen LogP contribution in [0.1, 0.15) is 44.9 Å². The van der Waals surface area contributed by atoms with E-state index in [-0.39, 0.29) is 11.5 Å². The predicted molar refractivity (Wildman–Crippen MR) is 69.7 cm³/mol. The highest BCUT2D eigenvalue weighted by atomic mass is 16.5. The molecule has 1 rings (SSSR count). The lowest BCUT2D eigenvalue weighted by molar-refractivity contribution is 0.0887. The van der Waals surface area contributed by atoms with Gasteiger partial charge in [-0.15, -0.1) is 6.58 Å². The van der Waals surface area contributed by atoms with E-state index in [0.29, 0.717) is 6.61 Å². The average molecular weight is 218 g/mol. The summed E-state index contributed by atoms with van der Waals surface area (Å²) in [6, 6.07) is 8.66. The molecule has 0 saturated carbocycles. The molecule has 0 aliphatic heterocycles. The highest BCUT2D eigenvalue weighted by Crippen LogP contribution is 2.24. The third-order valence-corrected chi connectivity index (χ3v) is 2.71. The Morgan fingerprint density at radius 1 is 1.25 bits per heavy atom. The molecular weight excluding hydrogens is 196 g/mol. The molecule has 0 fully saturated rings. The van der Waals surface area contributed by atoms with Gasteiger partial charge < -0.3 is 4.74 Å². The van der Waals surface area contributed by atoms with Crippen LogP contribution in [-0.2, 0) is 10.2 Å². The average Bonchev–Trinajstić information content (AvgIpc) is 2.25. The number of rotatable bonds is 4. The van der Waals surface area contributed by atoms with Crippen molar-refractivity contribution in [3.63, 3.8) is 0 Å². The van der Waals surface area contributed by atoms with Gasteiger partial charge in [-0.25, -0.2) is 0 Å². The Bertz CT molecular complexity index is 329. The molecular formula is C15H22O. The van der Waals surface area contributed by atoms with Crippen LogP contribution < -0.4 is 0 Å². The summed E-state index contributed by atoms with van der Waals surface area (Å²) in [4.78, 5) is 0. The quantitative estimate of drug-likeness (QED) is 0.686. The summed E-state index contributed by atoms with van der Waals surface area (Å²) in [5.74, 6) is 0. The van der Waals surface area contributed by atoms with Crippen molar-refractivity contribution in [2.24, 2.45) is 0 Å². The molecule has 0 spiro atoms. The van der Waals surface area contributed by atoms with Crippen molar-refractivity contribution < 1.29 is 4.74 Å². The molecule has 1 nitrogen and oxygen atoms in total. The van der Waals surface area contributed by atoms with Crippen LogP contribution in [0.2, 0.25) is 0 Å². The minimum atomic E-state index is 0.131. The van der Waals surface area contributed by atoms with Crippen LogP contribution in [-0.4, -0.2) is 6.61 Å². The standard InChI is InChI=1S/C15H22O/c1-6-11-16-12(2)13-7-9-14(10-8-13)15(3,4)5/h6-10,12H,1,11H2,2-5H3/t12-/m0/s1. The van der Waals surface area contributed by atoms with E-state index in [2.05, 4.69) is 58.5 Å². The van der Waals surface area contributed by atoms with Crippen LogP contribution in [0.3, 0.4) is 0 Å². The predicted octanol–water partition coefficient (Wildman–Crippen LogP) is 4.25. The molecule has 0 bridgehead atoms. The number of hydrogen-bond acceptors (Lipinski definition) is 1. The second-order valence-electron chi connectivity index (χ2n) is 5.14. The van der Waals surface area contributed by atoms with Crippen LogP contribution in [0.5, 0.6) is 0 Å². The summed E-state index contributed by atoms with van der Waals surface area (Å²) in [6.45, 7) is 13.0. The Kier molecular flexibility index (Phi) is 4.31. The highest BCUT2D eigenvalue weighted by molar-refractivity contribution is 5.28. The smallest absolute Gasteiger partial charge is 0.0801 e. The second-order valence-corrected chi connectivity index (χ2v) is 5.14. The van der Waals surface area contributed by atoms with E-state index in [1.165, 1.54) is 11.1 Å². The molecule has 0 saturated heterocycles. The van der Waals surface area contributed by atoms with Gasteiger partial charge in [0.2, 0.25) is 0 Å².